The number of carbonyl (C=O) groups excluding carboxylic acids is 2. The summed E-state index contributed by atoms with van der Waals surface area (Å²) < 4.78 is 7.11. The van der Waals surface area contributed by atoms with Gasteiger partial charge >= 0.3 is 5.69 Å². The predicted octanol–water partition coefficient (Wildman–Crippen LogP) is 1.61. The van der Waals surface area contributed by atoms with Gasteiger partial charge in [0.25, 0.3) is 0 Å². The van der Waals surface area contributed by atoms with Crippen molar-refractivity contribution in [3.8, 4) is 0 Å². The van der Waals surface area contributed by atoms with E-state index in [1.54, 1.807) is 11.0 Å². The van der Waals surface area contributed by atoms with Crippen molar-refractivity contribution in [2.24, 2.45) is 0 Å². The number of benzene rings is 1. The van der Waals surface area contributed by atoms with Crippen LogP contribution in [-0.2, 0) is 20.9 Å². The van der Waals surface area contributed by atoms with Crippen molar-refractivity contribution >= 4 is 35.0 Å². The normalized spacial score (nSPS) is 19.1. The number of nitrogens with one attached hydrogen (secondary N) is 2. The SMILES string of the molecule is O=C(CSc1n[nH]c(=O)n1CC1CCCO1)Nc1ccccc1N1CCCC1=O. The number of ether oxygens (including phenoxy) is 1. The summed E-state index contributed by atoms with van der Waals surface area (Å²) in [4.78, 5) is 38.3. The molecule has 1 aromatic heterocycles. The molecule has 1 unspecified atom stereocenters. The van der Waals surface area contributed by atoms with Gasteiger partial charge in [0.2, 0.25) is 11.8 Å². The summed E-state index contributed by atoms with van der Waals surface area (Å²) in [6.45, 7) is 1.80. The van der Waals surface area contributed by atoms with Crippen LogP contribution in [0.25, 0.3) is 0 Å². The average Bonchev–Trinajstić information content (AvgIpc) is 3.45. The molecule has 4 rings (SSSR count). The van der Waals surface area contributed by atoms with E-state index in [1.165, 1.54) is 16.3 Å². The lowest BCUT2D eigenvalue weighted by Gasteiger charge is -2.19. The van der Waals surface area contributed by atoms with E-state index in [0.29, 0.717) is 42.6 Å². The largest absolute Gasteiger partial charge is 0.376 e. The Balaban J connectivity index is 1.39. The van der Waals surface area contributed by atoms with E-state index < -0.39 is 0 Å². The maximum atomic E-state index is 12.5. The van der Waals surface area contributed by atoms with Crippen LogP contribution >= 0.6 is 11.8 Å². The van der Waals surface area contributed by atoms with Crippen molar-refractivity contribution in [2.45, 2.75) is 43.5 Å². The molecule has 154 valence electrons. The number of H-pyrrole nitrogens is 1. The minimum Gasteiger partial charge on any atom is -0.376 e. The van der Waals surface area contributed by atoms with Gasteiger partial charge in [-0.3, -0.25) is 14.2 Å². The first-order chi connectivity index (χ1) is 14.1. The van der Waals surface area contributed by atoms with Crippen molar-refractivity contribution < 1.29 is 14.3 Å². The first kappa shape index (κ1) is 19.7. The molecule has 2 amide bonds. The summed E-state index contributed by atoms with van der Waals surface area (Å²) in [5.41, 5.74) is 1.01. The molecule has 0 saturated carbocycles. The molecular weight excluding hydrogens is 394 g/mol. The van der Waals surface area contributed by atoms with Crippen LogP contribution < -0.4 is 15.9 Å². The van der Waals surface area contributed by atoms with Crippen LogP contribution in [0.4, 0.5) is 11.4 Å². The number of anilines is 2. The molecule has 2 saturated heterocycles. The lowest BCUT2D eigenvalue weighted by Crippen LogP contribution is -2.26. The lowest BCUT2D eigenvalue weighted by molar-refractivity contribution is -0.117. The third-order valence-electron chi connectivity index (χ3n) is 5.01. The Hall–Kier alpha value is -2.59. The van der Waals surface area contributed by atoms with Crippen molar-refractivity contribution in [2.75, 3.05) is 29.1 Å². The highest BCUT2D eigenvalue weighted by molar-refractivity contribution is 7.99. The topological polar surface area (TPSA) is 109 Å². The Labute approximate surface area is 171 Å². The van der Waals surface area contributed by atoms with Crippen molar-refractivity contribution in [1.29, 1.82) is 0 Å². The third kappa shape index (κ3) is 4.54. The molecule has 2 aromatic rings. The van der Waals surface area contributed by atoms with Gasteiger partial charge in [0.05, 0.1) is 29.8 Å². The predicted molar refractivity (Wildman–Crippen MR) is 109 cm³/mol. The Kier molecular flexibility index (Phi) is 6.00. The molecule has 2 fully saturated rings. The maximum Gasteiger partial charge on any atom is 0.344 e. The Morgan fingerprint density at radius 2 is 2.17 bits per heavy atom. The number of aromatic amines is 1. The zero-order chi connectivity index (χ0) is 20.2. The Bertz CT molecular complexity index is 950. The number of nitrogens with zero attached hydrogens (tertiary/aromatic N) is 3. The quantitative estimate of drug-likeness (QED) is 0.663. The zero-order valence-corrected chi connectivity index (χ0v) is 16.7. The summed E-state index contributed by atoms with van der Waals surface area (Å²) in [5, 5.41) is 9.80. The summed E-state index contributed by atoms with van der Waals surface area (Å²) in [7, 11) is 0. The molecule has 29 heavy (non-hydrogen) atoms. The number of rotatable bonds is 7. The second-order valence-corrected chi connectivity index (χ2v) is 8.00. The van der Waals surface area contributed by atoms with E-state index in [1.807, 2.05) is 18.2 Å². The molecule has 1 atom stereocenters. The maximum absolute atomic E-state index is 12.5. The molecule has 0 aliphatic carbocycles. The van der Waals surface area contributed by atoms with Crippen molar-refractivity contribution in [3.05, 3.63) is 34.7 Å². The zero-order valence-electron chi connectivity index (χ0n) is 15.9. The van der Waals surface area contributed by atoms with Crippen molar-refractivity contribution in [3.63, 3.8) is 0 Å². The molecular formula is C19H23N5O4S. The van der Waals surface area contributed by atoms with Crippen LogP contribution in [0.3, 0.4) is 0 Å². The van der Waals surface area contributed by atoms with Crippen LogP contribution in [0.5, 0.6) is 0 Å². The first-order valence-corrected chi connectivity index (χ1v) is 10.7. The van der Waals surface area contributed by atoms with E-state index in [0.717, 1.165) is 19.3 Å². The van der Waals surface area contributed by atoms with Crippen LogP contribution in [0.2, 0.25) is 0 Å². The third-order valence-corrected chi connectivity index (χ3v) is 5.98. The molecule has 9 nitrogen and oxygen atoms in total. The summed E-state index contributed by atoms with van der Waals surface area (Å²) in [6.07, 6.45) is 3.25. The van der Waals surface area contributed by atoms with Gasteiger partial charge < -0.3 is 15.0 Å². The van der Waals surface area contributed by atoms with Gasteiger partial charge in [0.1, 0.15) is 0 Å². The number of para-hydroxylation sites is 2. The average molecular weight is 417 g/mol. The smallest absolute Gasteiger partial charge is 0.344 e. The van der Waals surface area contributed by atoms with Gasteiger partial charge in [0, 0.05) is 19.6 Å². The second-order valence-electron chi connectivity index (χ2n) is 7.06. The number of hydrogen-bond donors (Lipinski definition) is 2. The number of carbonyl (C=O) groups is 2. The van der Waals surface area contributed by atoms with Crippen LogP contribution in [-0.4, -0.2) is 51.6 Å². The second kappa shape index (κ2) is 8.83. The molecule has 2 aliphatic rings. The highest BCUT2D eigenvalue weighted by atomic mass is 32.2. The van der Waals surface area contributed by atoms with Crippen LogP contribution in [0, 0.1) is 0 Å². The lowest BCUT2D eigenvalue weighted by atomic mass is 10.2. The minimum atomic E-state index is -0.304. The minimum absolute atomic E-state index is 0.00310. The fraction of sp³-hybridized carbons (Fsp3) is 0.474. The highest BCUT2D eigenvalue weighted by Gasteiger charge is 2.24. The van der Waals surface area contributed by atoms with Gasteiger partial charge in [-0.25, -0.2) is 9.89 Å². The van der Waals surface area contributed by atoms with Crippen molar-refractivity contribution in [1.82, 2.24) is 14.8 Å². The van der Waals surface area contributed by atoms with E-state index in [2.05, 4.69) is 15.5 Å². The molecule has 0 spiro atoms. The van der Waals surface area contributed by atoms with Gasteiger partial charge in [-0.2, -0.15) is 0 Å². The van der Waals surface area contributed by atoms with Gasteiger partial charge in [-0.15, -0.1) is 5.10 Å². The first-order valence-electron chi connectivity index (χ1n) is 9.70. The fourth-order valence-electron chi connectivity index (χ4n) is 3.60. The van der Waals surface area contributed by atoms with Crippen LogP contribution in [0.1, 0.15) is 25.7 Å². The summed E-state index contributed by atoms with van der Waals surface area (Å²) in [5.74, 6) is -0.0677. The molecule has 1 aromatic carbocycles. The van der Waals surface area contributed by atoms with E-state index in [-0.39, 0.29) is 29.4 Å². The van der Waals surface area contributed by atoms with Crippen LogP contribution in [0.15, 0.2) is 34.2 Å². The monoisotopic (exact) mass is 417 g/mol. The number of amides is 2. The Morgan fingerprint density at radius 1 is 1.31 bits per heavy atom. The number of thioether (sulfide) groups is 1. The molecule has 0 radical (unpaired) electrons. The summed E-state index contributed by atoms with van der Waals surface area (Å²) in [6, 6.07) is 7.28. The summed E-state index contributed by atoms with van der Waals surface area (Å²) >= 11 is 1.19. The Morgan fingerprint density at radius 3 is 2.93 bits per heavy atom. The molecule has 2 N–H and O–H groups in total. The molecule has 2 aliphatic heterocycles. The highest BCUT2D eigenvalue weighted by Crippen LogP contribution is 2.29. The standard InChI is InChI=1S/C19H23N5O4S/c25-16(20-14-6-1-2-7-15(14)23-9-3-8-17(23)26)12-29-19-22-21-18(27)24(19)11-13-5-4-10-28-13/h1-2,6-7,13H,3-5,8-12H2,(H,20,25)(H,21,27). The van der Waals surface area contributed by atoms with Gasteiger partial charge in [-0.05, 0) is 31.4 Å². The van der Waals surface area contributed by atoms with E-state index in [4.69, 9.17) is 4.74 Å². The fourth-order valence-corrected chi connectivity index (χ4v) is 4.36. The number of aromatic nitrogens is 3. The van der Waals surface area contributed by atoms with E-state index in [9.17, 15) is 14.4 Å². The van der Waals surface area contributed by atoms with E-state index >= 15 is 0 Å². The molecule has 3 heterocycles. The number of hydrogen-bond acceptors (Lipinski definition) is 6. The van der Waals surface area contributed by atoms with Gasteiger partial charge in [0.15, 0.2) is 5.16 Å². The molecule has 10 heteroatoms. The molecule has 0 bridgehead atoms. The van der Waals surface area contributed by atoms with Gasteiger partial charge in [-0.1, -0.05) is 23.9 Å².